The summed E-state index contributed by atoms with van der Waals surface area (Å²) in [6.07, 6.45) is 7.48. The summed E-state index contributed by atoms with van der Waals surface area (Å²) in [5.41, 5.74) is 10.8. The van der Waals surface area contributed by atoms with Crippen LogP contribution in [0.5, 0.6) is 0 Å². The summed E-state index contributed by atoms with van der Waals surface area (Å²) >= 11 is 3.48. The topological polar surface area (TPSA) is 71.5 Å². The number of aromatic nitrogens is 1. The van der Waals surface area contributed by atoms with Crippen molar-refractivity contribution >= 4 is 21.6 Å². The summed E-state index contributed by atoms with van der Waals surface area (Å²) < 4.78 is 1.01. The Balaban J connectivity index is 2.52. The average molecular weight is 426 g/mol. The standard InChI is InChI=1S/C22H24BrN3O/c1-4-6-18(13-16(3)24)21(26-27)14-20(17-8-10-19(23)11-9-17)22-15(2)7-5-12-25-22/h4-13,20,27H,1,14,24H2,2-3H3/b16-13-,18-6+,26-21+. The van der Waals surface area contributed by atoms with Crippen molar-refractivity contribution in [1.82, 2.24) is 4.98 Å². The van der Waals surface area contributed by atoms with Gasteiger partial charge in [-0.25, -0.2) is 0 Å². The number of allylic oxidation sites excluding steroid dienone is 5. The molecule has 4 nitrogen and oxygen atoms in total. The number of rotatable bonds is 7. The molecule has 1 heterocycles. The number of hydrogen-bond acceptors (Lipinski definition) is 4. The van der Waals surface area contributed by atoms with Crippen LogP contribution in [-0.4, -0.2) is 15.9 Å². The lowest BCUT2D eigenvalue weighted by Crippen LogP contribution is -2.13. The summed E-state index contributed by atoms with van der Waals surface area (Å²) in [5.74, 6) is -0.0649. The predicted octanol–water partition coefficient (Wildman–Crippen LogP) is 5.48. The van der Waals surface area contributed by atoms with E-state index in [0.29, 0.717) is 17.8 Å². The van der Waals surface area contributed by atoms with Crippen LogP contribution >= 0.6 is 15.9 Å². The summed E-state index contributed by atoms with van der Waals surface area (Å²) in [4.78, 5) is 4.60. The first-order valence-corrected chi connectivity index (χ1v) is 9.40. The average Bonchev–Trinajstić information content (AvgIpc) is 2.64. The van der Waals surface area contributed by atoms with Gasteiger partial charge >= 0.3 is 0 Å². The molecular weight excluding hydrogens is 402 g/mol. The molecule has 3 N–H and O–H groups in total. The Kier molecular flexibility index (Phi) is 7.55. The van der Waals surface area contributed by atoms with E-state index in [9.17, 15) is 5.21 Å². The summed E-state index contributed by atoms with van der Waals surface area (Å²) in [5, 5.41) is 13.3. The van der Waals surface area contributed by atoms with E-state index in [2.05, 4.69) is 44.8 Å². The minimum Gasteiger partial charge on any atom is -0.411 e. The minimum atomic E-state index is -0.0649. The van der Waals surface area contributed by atoms with Crippen molar-refractivity contribution in [1.29, 1.82) is 0 Å². The molecule has 2 rings (SSSR count). The molecule has 0 aliphatic heterocycles. The Labute approximate surface area is 169 Å². The fourth-order valence-corrected chi connectivity index (χ4v) is 3.20. The fourth-order valence-electron chi connectivity index (χ4n) is 2.94. The van der Waals surface area contributed by atoms with Gasteiger partial charge in [-0.3, -0.25) is 4.98 Å². The molecule has 0 spiro atoms. The van der Waals surface area contributed by atoms with Crippen molar-refractivity contribution in [3.05, 3.63) is 100.0 Å². The molecule has 0 saturated carbocycles. The zero-order valence-corrected chi connectivity index (χ0v) is 17.1. The number of benzene rings is 1. The first kappa shape index (κ1) is 20.6. The highest BCUT2D eigenvalue weighted by Crippen LogP contribution is 2.31. The molecular formula is C22H24BrN3O. The van der Waals surface area contributed by atoms with Gasteiger partial charge in [0.2, 0.25) is 0 Å². The van der Waals surface area contributed by atoms with Gasteiger partial charge in [-0.15, -0.1) is 0 Å². The van der Waals surface area contributed by atoms with Crippen molar-refractivity contribution < 1.29 is 5.21 Å². The van der Waals surface area contributed by atoms with Crippen LogP contribution in [0.15, 0.2) is 88.3 Å². The van der Waals surface area contributed by atoms with Crippen LogP contribution in [0, 0.1) is 6.92 Å². The van der Waals surface area contributed by atoms with Crippen molar-refractivity contribution in [2.45, 2.75) is 26.2 Å². The smallest absolute Gasteiger partial charge is 0.0878 e. The van der Waals surface area contributed by atoms with Gasteiger partial charge in [0.1, 0.15) is 0 Å². The molecule has 1 unspecified atom stereocenters. The van der Waals surface area contributed by atoms with Crippen LogP contribution in [-0.2, 0) is 0 Å². The Bertz CT molecular complexity index is 879. The summed E-state index contributed by atoms with van der Waals surface area (Å²) in [6, 6.07) is 12.1. The van der Waals surface area contributed by atoms with Crippen molar-refractivity contribution in [3.8, 4) is 0 Å². The summed E-state index contributed by atoms with van der Waals surface area (Å²) in [7, 11) is 0. The molecule has 1 aromatic heterocycles. The second-order valence-corrected chi connectivity index (χ2v) is 7.22. The molecule has 0 fully saturated rings. The van der Waals surface area contributed by atoms with Crippen molar-refractivity contribution in [2.24, 2.45) is 10.9 Å². The van der Waals surface area contributed by atoms with Gasteiger partial charge in [0, 0.05) is 34.3 Å². The molecule has 2 aromatic rings. The third-order valence-electron chi connectivity index (χ3n) is 4.18. The highest BCUT2D eigenvalue weighted by Gasteiger charge is 2.22. The van der Waals surface area contributed by atoms with Crippen molar-refractivity contribution in [2.75, 3.05) is 0 Å². The lowest BCUT2D eigenvalue weighted by Gasteiger charge is -2.20. The normalized spacial score (nSPS) is 14.1. The van der Waals surface area contributed by atoms with E-state index in [-0.39, 0.29) is 5.92 Å². The Morgan fingerprint density at radius 1 is 1.33 bits per heavy atom. The van der Waals surface area contributed by atoms with Gasteiger partial charge < -0.3 is 10.9 Å². The minimum absolute atomic E-state index is 0.0649. The molecule has 0 saturated heterocycles. The summed E-state index contributed by atoms with van der Waals surface area (Å²) in [6.45, 7) is 7.57. The van der Waals surface area contributed by atoms with Gasteiger partial charge in [0.15, 0.2) is 0 Å². The van der Waals surface area contributed by atoms with Crippen LogP contribution in [0.4, 0.5) is 0 Å². The lowest BCUT2D eigenvalue weighted by atomic mass is 9.86. The third kappa shape index (κ3) is 5.66. The highest BCUT2D eigenvalue weighted by atomic mass is 79.9. The molecule has 1 aromatic carbocycles. The van der Waals surface area contributed by atoms with E-state index >= 15 is 0 Å². The number of pyridine rings is 1. The highest BCUT2D eigenvalue weighted by molar-refractivity contribution is 9.10. The largest absolute Gasteiger partial charge is 0.411 e. The van der Waals surface area contributed by atoms with E-state index < -0.39 is 0 Å². The second-order valence-electron chi connectivity index (χ2n) is 6.31. The van der Waals surface area contributed by atoms with E-state index in [1.165, 1.54) is 0 Å². The van der Waals surface area contributed by atoms with E-state index in [1.807, 2.05) is 31.2 Å². The molecule has 0 aliphatic rings. The van der Waals surface area contributed by atoms with Gasteiger partial charge in [-0.05, 0) is 49.2 Å². The number of halogens is 1. The zero-order valence-electron chi connectivity index (χ0n) is 15.6. The van der Waals surface area contributed by atoms with Crippen LogP contribution in [0.3, 0.4) is 0 Å². The number of nitrogens with zero attached hydrogens (tertiary/aromatic N) is 2. The van der Waals surface area contributed by atoms with E-state index in [4.69, 9.17) is 5.73 Å². The van der Waals surface area contributed by atoms with Crippen LogP contribution in [0.1, 0.15) is 36.1 Å². The van der Waals surface area contributed by atoms with Gasteiger partial charge in [-0.1, -0.05) is 58.0 Å². The zero-order chi connectivity index (χ0) is 19.8. The molecule has 0 amide bonds. The number of hydrogen-bond donors (Lipinski definition) is 2. The van der Waals surface area contributed by atoms with Crippen molar-refractivity contribution in [3.63, 3.8) is 0 Å². The third-order valence-corrected chi connectivity index (χ3v) is 4.71. The molecule has 140 valence electrons. The lowest BCUT2D eigenvalue weighted by molar-refractivity contribution is 0.317. The second kappa shape index (κ2) is 9.88. The quantitative estimate of drug-likeness (QED) is 0.267. The van der Waals surface area contributed by atoms with E-state index in [0.717, 1.165) is 26.9 Å². The Morgan fingerprint density at radius 2 is 2.04 bits per heavy atom. The van der Waals surface area contributed by atoms with Gasteiger partial charge in [0.25, 0.3) is 0 Å². The maximum absolute atomic E-state index is 9.71. The maximum Gasteiger partial charge on any atom is 0.0878 e. The number of aryl methyl sites for hydroxylation is 1. The molecule has 5 heteroatoms. The van der Waals surface area contributed by atoms with E-state index in [1.54, 1.807) is 31.3 Å². The van der Waals surface area contributed by atoms with Crippen LogP contribution in [0.25, 0.3) is 0 Å². The Morgan fingerprint density at radius 3 is 2.59 bits per heavy atom. The Hall–Kier alpha value is -2.66. The SMILES string of the molecule is C=C/C=C(\C=C(\C)N)C(/CC(c1ccc(Br)cc1)c1ncccc1C)=N/O. The molecule has 0 bridgehead atoms. The fraction of sp³-hybridized carbons (Fsp3) is 0.182. The molecule has 1 atom stereocenters. The molecule has 27 heavy (non-hydrogen) atoms. The first-order valence-electron chi connectivity index (χ1n) is 8.61. The maximum atomic E-state index is 9.71. The number of oxime groups is 1. The molecule has 0 aliphatic carbocycles. The van der Waals surface area contributed by atoms with Gasteiger partial charge in [-0.2, -0.15) is 0 Å². The van der Waals surface area contributed by atoms with Gasteiger partial charge in [0.05, 0.1) is 11.4 Å². The van der Waals surface area contributed by atoms with Crippen LogP contribution in [0.2, 0.25) is 0 Å². The predicted molar refractivity (Wildman–Crippen MR) is 115 cm³/mol. The molecule has 0 radical (unpaired) electrons. The first-order chi connectivity index (χ1) is 13.0. The monoisotopic (exact) mass is 425 g/mol. The van der Waals surface area contributed by atoms with Crippen LogP contribution < -0.4 is 5.73 Å². The number of nitrogens with two attached hydrogens (primary N) is 1.